The minimum Gasteiger partial charge on any atom is -0.438 e. The third-order valence-corrected chi connectivity index (χ3v) is 6.20. The van der Waals surface area contributed by atoms with Gasteiger partial charge in [-0.25, -0.2) is 0 Å². The molecule has 2 saturated carbocycles. The zero-order chi connectivity index (χ0) is 11.4. The first-order valence-electron chi connectivity index (χ1n) is 6.15. The number of carbonyl (C=O) groups is 2. The van der Waals surface area contributed by atoms with Gasteiger partial charge in [-0.1, -0.05) is 0 Å². The van der Waals surface area contributed by atoms with Crippen molar-refractivity contribution in [2.45, 2.75) is 25.3 Å². The Hall–Kier alpha value is -0.683. The van der Waals surface area contributed by atoms with E-state index in [1.54, 1.807) is 0 Å². The normalized spacial score (nSPS) is 46.4. The molecule has 0 aromatic heterocycles. The summed E-state index contributed by atoms with van der Waals surface area (Å²) in [5.41, 5.74) is 0.389. The lowest BCUT2D eigenvalue weighted by molar-refractivity contribution is -0.140. The van der Waals surface area contributed by atoms with Gasteiger partial charge in [-0.15, -0.1) is 0 Å². The lowest BCUT2D eigenvalue weighted by atomic mass is 9.81. The first-order valence-corrected chi connectivity index (χ1v) is 7.60. The molecule has 1 N–H and O–H groups in total. The van der Waals surface area contributed by atoms with E-state index in [9.17, 15) is 14.4 Å². The van der Waals surface area contributed by atoms with Crippen molar-refractivity contribution in [1.29, 1.82) is 0 Å². The fourth-order valence-electron chi connectivity index (χ4n) is 4.18. The van der Waals surface area contributed by atoms with Crippen LogP contribution in [0.1, 0.15) is 19.8 Å². The van der Waals surface area contributed by atoms with E-state index < -0.39 is 9.76 Å². The third-order valence-electron chi connectivity index (χ3n) is 4.80. The zero-order valence-electron chi connectivity index (χ0n) is 9.43. The van der Waals surface area contributed by atoms with Crippen molar-refractivity contribution in [2.75, 3.05) is 6.54 Å². The van der Waals surface area contributed by atoms with Crippen LogP contribution >= 0.6 is 0 Å². The van der Waals surface area contributed by atoms with E-state index in [2.05, 4.69) is 0 Å². The lowest BCUT2D eigenvalue weighted by Crippen LogP contribution is -2.32. The van der Waals surface area contributed by atoms with Gasteiger partial charge in [0.2, 0.25) is 11.8 Å². The van der Waals surface area contributed by atoms with Crippen LogP contribution in [0.4, 0.5) is 0 Å². The number of hydrogen-bond donors (Lipinski definition) is 1. The van der Waals surface area contributed by atoms with Crippen molar-refractivity contribution in [3.8, 4) is 0 Å². The quantitative estimate of drug-likeness (QED) is 0.523. The molecule has 2 bridgehead atoms. The Morgan fingerprint density at radius 3 is 2.62 bits per heavy atom. The highest BCUT2D eigenvalue weighted by atomic mass is 28.2. The van der Waals surface area contributed by atoms with Crippen molar-refractivity contribution in [2.24, 2.45) is 23.7 Å². The second-order valence-corrected chi connectivity index (χ2v) is 6.72. The maximum atomic E-state index is 12.1. The number of nitrogens with zero attached hydrogens (tertiary/aromatic N) is 1. The van der Waals surface area contributed by atoms with Crippen LogP contribution in [0.3, 0.4) is 0 Å². The van der Waals surface area contributed by atoms with Crippen molar-refractivity contribution in [3.63, 3.8) is 0 Å². The van der Waals surface area contributed by atoms with Crippen LogP contribution in [0.5, 0.6) is 0 Å². The van der Waals surface area contributed by atoms with Crippen molar-refractivity contribution >= 4 is 21.6 Å². The van der Waals surface area contributed by atoms with Crippen molar-refractivity contribution in [3.05, 3.63) is 0 Å². The van der Waals surface area contributed by atoms with E-state index in [-0.39, 0.29) is 23.7 Å². The van der Waals surface area contributed by atoms with Gasteiger partial charge < -0.3 is 4.80 Å². The zero-order valence-corrected chi connectivity index (χ0v) is 10.8. The maximum Gasteiger partial charge on any atom is 0.233 e. The number of hydrogen-bond acceptors (Lipinski definition) is 3. The topological polar surface area (TPSA) is 57.6 Å². The van der Waals surface area contributed by atoms with Crippen LogP contribution in [-0.4, -0.2) is 37.8 Å². The van der Waals surface area contributed by atoms with Crippen molar-refractivity contribution in [1.82, 2.24) is 4.90 Å². The highest BCUT2D eigenvalue weighted by Crippen LogP contribution is 2.60. The van der Waals surface area contributed by atoms with Crippen LogP contribution in [-0.2, 0) is 9.59 Å². The summed E-state index contributed by atoms with van der Waals surface area (Å²) in [4.78, 5) is 35.0. The van der Waals surface area contributed by atoms with Crippen LogP contribution in [0, 0.1) is 23.7 Å². The second kappa shape index (κ2) is 3.40. The van der Waals surface area contributed by atoms with Gasteiger partial charge in [-0.3, -0.25) is 14.5 Å². The molecule has 1 heterocycles. The van der Waals surface area contributed by atoms with Crippen LogP contribution in [0.2, 0.25) is 5.54 Å². The van der Waals surface area contributed by atoms with E-state index in [1.165, 1.54) is 4.90 Å². The van der Waals surface area contributed by atoms with Gasteiger partial charge in [0.15, 0.2) is 9.76 Å². The Kier molecular flexibility index (Phi) is 2.23. The number of rotatable bonds is 2. The van der Waals surface area contributed by atoms with E-state index in [4.69, 9.17) is 0 Å². The Morgan fingerprint density at radius 2 is 2.00 bits per heavy atom. The molecule has 5 atom stereocenters. The molecule has 16 heavy (non-hydrogen) atoms. The number of carbonyl (C=O) groups excluding carboxylic acids is 2. The summed E-state index contributed by atoms with van der Waals surface area (Å²) < 4.78 is 0. The fourth-order valence-corrected chi connectivity index (χ4v) is 5.51. The molecular formula is C11H17NO3Si. The molecule has 1 aliphatic heterocycles. The first-order chi connectivity index (χ1) is 7.69. The molecule has 88 valence electrons. The van der Waals surface area contributed by atoms with E-state index in [0.717, 1.165) is 12.8 Å². The lowest BCUT2D eigenvalue weighted by Gasteiger charge is -2.26. The molecular weight excluding hydrogens is 222 g/mol. The average Bonchev–Trinajstić information content (AvgIpc) is 2.90. The molecule has 4 nitrogen and oxygen atoms in total. The van der Waals surface area contributed by atoms with Gasteiger partial charge in [0.25, 0.3) is 0 Å². The SMILES string of the molecule is CCN1C(=O)C2C3CC([SiH2]O)C(C3)C2C1=O. The minimum atomic E-state index is -1.02. The Labute approximate surface area is 96.9 Å². The number of likely N-dealkylation sites (tertiary alicyclic amines) is 1. The van der Waals surface area contributed by atoms with Gasteiger partial charge in [-0.2, -0.15) is 0 Å². The highest BCUT2D eigenvalue weighted by Gasteiger charge is 2.63. The number of fused-ring (bicyclic) bond motifs is 5. The molecule has 1 saturated heterocycles. The van der Waals surface area contributed by atoms with Gasteiger partial charge in [-0.05, 0) is 37.1 Å². The van der Waals surface area contributed by atoms with Gasteiger partial charge in [0.05, 0.1) is 11.8 Å². The predicted octanol–water partition coefficient (Wildman–Crippen LogP) is -0.488. The molecule has 3 aliphatic rings. The predicted molar refractivity (Wildman–Crippen MR) is 60.1 cm³/mol. The largest absolute Gasteiger partial charge is 0.438 e. The molecule has 5 heteroatoms. The molecule has 3 fully saturated rings. The number of amides is 2. The summed E-state index contributed by atoms with van der Waals surface area (Å²) in [5.74, 6) is 0.692. The first kappa shape index (κ1) is 10.5. The molecule has 5 unspecified atom stereocenters. The van der Waals surface area contributed by atoms with E-state index in [0.29, 0.717) is 23.9 Å². The Morgan fingerprint density at radius 1 is 1.31 bits per heavy atom. The molecule has 2 amide bonds. The average molecular weight is 239 g/mol. The molecule has 0 aromatic carbocycles. The van der Waals surface area contributed by atoms with Gasteiger partial charge in [0.1, 0.15) is 0 Å². The van der Waals surface area contributed by atoms with Crippen molar-refractivity contribution < 1.29 is 14.4 Å². The third kappa shape index (κ3) is 1.08. The van der Waals surface area contributed by atoms with E-state index >= 15 is 0 Å². The maximum absolute atomic E-state index is 12.1. The summed E-state index contributed by atoms with van der Waals surface area (Å²) in [5, 5.41) is 0. The standard InChI is InChI=1S/C11H17NO3Si/c1-2-12-10(13)8-5-3-6(7(4-5)16-15)9(8)11(12)14/h5-9,15H,2-4,16H2,1H3. The molecule has 0 spiro atoms. The molecule has 3 rings (SSSR count). The van der Waals surface area contributed by atoms with Gasteiger partial charge in [0, 0.05) is 6.54 Å². The Bertz CT molecular complexity index is 359. The summed E-state index contributed by atoms with van der Waals surface area (Å²) in [6.07, 6.45) is 1.99. The summed E-state index contributed by atoms with van der Waals surface area (Å²) >= 11 is 0. The Balaban J connectivity index is 1.93. The summed E-state index contributed by atoms with van der Waals surface area (Å²) in [6, 6.07) is 0. The molecule has 0 radical (unpaired) electrons. The van der Waals surface area contributed by atoms with Crippen LogP contribution < -0.4 is 0 Å². The van der Waals surface area contributed by atoms with E-state index in [1.807, 2.05) is 6.92 Å². The monoisotopic (exact) mass is 239 g/mol. The minimum absolute atomic E-state index is 0.0331. The fraction of sp³-hybridized carbons (Fsp3) is 0.818. The number of imide groups is 1. The second-order valence-electron chi connectivity index (χ2n) is 5.31. The summed E-state index contributed by atoms with van der Waals surface area (Å²) in [7, 11) is -1.02. The molecule has 2 aliphatic carbocycles. The van der Waals surface area contributed by atoms with Crippen LogP contribution in [0.15, 0.2) is 0 Å². The van der Waals surface area contributed by atoms with Crippen LogP contribution in [0.25, 0.3) is 0 Å². The highest BCUT2D eigenvalue weighted by molar-refractivity contribution is 6.28. The molecule has 0 aromatic rings. The smallest absolute Gasteiger partial charge is 0.233 e. The summed E-state index contributed by atoms with van der Waals surface area (Å²) in [6.45, 7) is 2.36. The van der Waals surface area contributed by atoms with Gasteiger partial charge >= 0.3 is 0 Å².